The van der Waals surface area contributed by atoms with Gasteiger partial charge in [0.2, 0.25) is 0 Å². The molecule has 0 aromatic heterocycles. The molecule has 5 atom stereocenters. The molecule has 0 radical (unpaired) electrons. The lowest BCUT2D eigenvalue weighted by molar-refractivity contribution is -0.211. The average molecular weight is 409 g/mol. The standard InChI is InChI=1S/C24H40O5/c1-8-9-24(21(5,6)7,14-20(2,3)4)19(26)29-23-11-16-10-22(27,15-23)12-17(13-23)28-18(16)25/h16-17,27H,8-15H2,1-7H3. The maximum atomic E-state index is 13.9. The zero-order chi connectivity index (χ0) is 21.9. The zero-order valence-electron chi connectivity index (χ0n) is 19.4. The molecule has 166 valence electrons. The molecule has 2 heterocycles. The molecule has 2 aliphatic carbocycles. The van der Waals surface area contributed by atoms with Gasteiger partial charge in [0.05, 0.1) is 16.9 Å². The quantitative estimate of drug-likeness (QED) is 0.662. The number of carbonyl (C=O) groups is 2. The van der Waals surface area contributed by atoms with Gasteiger partial charge in [-0.1, -0.05) is 54.9 Å². The van der Waals surface area contributed by atoms with Gasteiger partial charge in [0.1, 0.15) is 11.7 Å². The fourth-order valence-corrected chi connectivity index (χ4v) is 6.41. The second-order valence-electron chi connectivity index (χ2n) is 12.4. The molecule has 4 aliphatic rings. The van der Waals surface area contributed by atoms with Gasteiger partial charge < -0.3 is 14.6 Å². The number of ether oxygens (including phenoxy) is 2. The van der Waals surface area contributed by atoms with E-state index in [0.717, 1.165) is 19.3 Å². The molecule has 2 saturated heterocycles. The first kappa shape index (κ1) is 22.6. The van der Waals surface area contributed by atoms with Crippen molar-refractivity contribution in [2.24, 2.45) is 22.2 Å². The Bertz CT molecular complexity index is 672. The van der Waals surface area contributed by atoms with Gasteiger partial charge in [-0.05, 0) is 30.1 Å². The molecule has 5 heteroatoms. The van der Waals surface area contributed by atoms with Crippen molar-refractivity contribution in [3.63, 3.8) is 0 Å². The smallest absolute Gasteiger partial charge is 0.313 e. The molecule has 0 aromatic carbocycles. The Balaban J connectivity index is 1.96. The van der Waals surface area contributed by atoms with Crippen LogP contribution >= 0.6 is 0 Å². The largest absolute Gasteiger partial charge is 0.462 e. The van der Waals surface area contributed by atoms with Crippen LogP contribution in [0.3, 0.4) is 0 Å². The summed E-state index contributed by atoms with van der Waals surface area (Å²) in [6.07, 6.45) is 4.29. The molecule has 29 heavy (non-hydrogen) atoms. The maximum Gasteiger partial charge on any atom is 0.313 e. The molecular formula is C24H40O5. The summed E-state index contributed by atoms with van der Waals surface area (Å²) in [4.78, 5) is 26.3. The highest BCUT2D eigenvalue weighted by Gasteiger charge is 2.62. The van der Waals surface area contributed by atoms with E-state index in [9.17, 15) is 14.7 Å². The minimum Gasteiger partial charge on any atom is -0.462 e. The number of rotatable bonds is 5. The van der Waals surface area contributed by atoms with Crippen molar-refractivity contribution in [2.75, 3.05) is 0 Å². The van der Waals surface area contributed by atoms with Crippen LogP contribution in [0.15, 0.2) is 0 Å². The van der Waals surface area contributed by atoms with E-state index < -0.39 is 16.6 Å². The SMILES string of the molecule is CCCC(CC(C)(C)C)(C(=O)OC12CC3CC(O)(CC(C1)C(=O)O3)C2)C(C)(C)C. The molecular weight excluding hydrogens is 368 g/mol. The summed E-state index contributed by atoms with van der Waals surface area (Å²) in [5.74, 6) is -0.791. The molecule has 4 rings (SSSR count). The lowest BCUT2D eigenvalue weighted by Crippen LogP contribution is -2.58. The summed E-state index contributed by atoms with van der Waals surface area (Å²) in [6.45, 7) is 15.0. The van der Waals surface area contributed by atoms with Crippen molar-refractivity contribution in [3.8, 4) is 0 Å². The summed E-state index contributed by atoms with van der Waals surface area (Å²) >= 11 is 0. The highest BCUT2D eigenvalue weighted by molar-refractivity contribution is 5.79. The molecule has 4 bridgehead atoms. The summed E-state index contributed by atoms with van der Waals surface area (Å²) in [6, 6.07) is 0. The molecule has 0 amide bonds. The van der Waals surface area contributed by atoms with Gasteiger partial charge in [-0.3, -0.25) is 9.59 Å². The van der Waals surface area contributed by atoms with Gasteiger partial charge >= 0.3 is 11.9 Å². The third-order valence-electron chi connectivity index (χ3n) is 7.36. The van der Waals surface area contributed by atoms with Crippen LogP contribution in [-0.4, -0.2) is 34.4 Å². The highest BCUT2D eigenvalue weighted by Crippen LogP contribution is 2.56. The van der Waals surface area contributed by atoms with E-state index in [1.54, 1.807) is 0 Å². The van der Waals surface area contributed by atoms with Crippen molar-refractivity contribution in [3.05, 3.63) is 0 Å². The summed E-state index contributed by atoms with van der Waals surface area (Å²) in [5.41, 5.74) is -2.69. The fraction of sp³-hybridized carbons (Fsp3) is 0.917. The Morgan fingerprint density at radius 1 is 1.14 bits per heavy atom. The van der Waals surface area contributed by atoms with E-state index in [-0.39, 0.29) is 34.8 Å². The van der Waals surface area contributed by atoms with Gasteiger partial charge in [-0.15, -0.1) is 0 Å². The van der Waals surface area contributed by atoms with Crippen LogP contribution in [0.25, 0.3) is 0 Å². The van der Waals surface area contributed by atoms with E-state index in [1.807, 2.05) is 0 Å². The van der Waals surface area contributed by atoms with Crippen molar-refractivity contribution < 1.29 is 24.2 Å². The number of aliphatic hydroxyl groups is 1. The molecule has 1 N–H and O–H groups in total. The monoisotopic (exact) mass is 408 g/mol. The third-order valence-corrected chi connectivity index (χ3v) is 7.36. The normalized spacial score (nSPS) is 36.3. The highest BCUT2D eigenvalue weighted by atomic mass is 16.6. The van der Waals surface area contributed by atoms with Gasteiger partial charge in [-0.25, -0.2) is 0 Å². The Morgan fingerprint density at radius 2 is 1.79 bits per heavy atom. The average Bonchev–Trinajstić information content (AvgIpc) is 2.63. The molecule has 4 fully saturated rings. The summed E-state index contributed by atoms with van der Waals surface area (Å²) < 4.78 is 12.0. The van der Waals surface area contributed by atoms with E-state index >= 15 is 0 Å². The summed E-state index contributed by atoms with van der Waals surface area (Å²) in [7, 11) is 0. The van der Waals surface area contributed by atoms with Gasteiger partial charge in [0, 0.05) is 25.7 Å². The van der Waals surface area contributed by atoms with Crippen LogP contribution in [0.5, 0.6) is 0 Å². The molecule has 2 saturated carbocycles. The fourth-order valence-electron chi connectivity index (χ4n) is 6.41. The number of esters is 2. The molecule has 5 unspecified atom stereocenters. The van der Waals surface area contributed by atoms with E-state index in [4.69, 9.17) is 9.47 Å². The predicted molar refractivity (Wildman–Crippen MR) is 111 cm³/mol. The maximum absolute atomic E-state index is 13.9. The van der Waals surface area contributed by atoms with Crippen LogP contribution in [-0.2, 0) is 19.1 Å². The third kappa shape index (κ3) is 4.22. The first-order valence-corrected chi connectivity index (χ1v) is 11.3. The van der Waals surface area contributed by atoms with Gasteiger partial charge in [0.25, 0.3) is 0 Å². The lowest BCUT2D eigenvalue weighted by atomic mass is 9.57. The Kier molecular flexibility index (Phi) is 5.42. The van der Waals surface area contributed by atoms with Crippen LogP contribution in [0.4, 0.5) is 0 Å². The zero-order valence-corrected chi connectivity index (χ0v) is 19.4. The molecule has 5 nitrogen and oxygen atoms in total. The number of hydrogen-bond acceptors (Lipinski definition) is 5. The van der Waals surface area contributed by atoms with E-state index in [2.05, 4.69) is 48.5 Å². The predicted octanol–water partition coefficient (Wildman–Crippen LogP) is 4.79. The van der Waals surface area contributed by atoms with Crippen LogP contribution < -0.4 is 0 Å². The van der Waals surface area contributed by atoms with Gasteiger partial charge in [0.15, 0.2) is 0 Å². The second-order valence-corrected chi connectivity index (χ2v) is 12.4. The first-order chi connectivity index (χ1) is 13.1. The minimum atomic E-state index is -0.975. The summed E-state index contributed by atoms with van der Waals surface area (Å²) in [5, 5.41) is 11.1. The van der Waals surface area contributed by atoms with Crippen molar-refractivity contribution in [1.82, 2.24) is 0 Å². The van der Waals surface area contributed by atoms with Gasteiger partial charge in [-0.2, -0.15) is 0 Å². The Morgan fingerprint density at radius 3 is 2.34 bits per heavy atom. The van der Waals surface area contributed by atoms with Crippen LogP contribution in [0.2, 0.25) is 0 Å². The topological polar surface area (TPSA) is 72.8 Å². The Hall–Kier alpha value is -1.10. The minimum absolute atomic E-state index is 0.0306. The van der Waals surface area contributed by atoms with Crippen molar-refractivity contribution >= 4 is 11.9 Å². The number of fused-ring (bicyclic) bond motifs is 1. The first-order valence-electron chi connectivity index (χ1n) is 11.3. The van der Waals surface area contributed by atoms with Crippen molar-refractivity contribution in [2.45, 2.75) is 117 Å². The van der Waals surface area contributed by atoms with E-state index in [0.29, 0.717) is 32.1 Å². The van der Waals surface area contributed by atoms with Crippen molar-refractivity contribution in [1.29, 1.82) is 0 Å². The number of hydrogen-bond donors (Lipinski definition) is 1. The molecule has 2 aliphatic heterocycles. The Labute approximate surface area is 175 Å². The second kappa shape index (κ2) is 6.96. The molecule has 0 aromatic rings. The number of carbonyl (C=O) groups excluding carboxylic acids is 2. The van der Waals surface area contributed by atoms with E-state index in [1.165, 1.54) is 0 Å². The van der Waals surface area contributed by atoms with Crippen LogP contribution in [0, 0.1) is 22.2 Å². The lowest BCUT2D eigenvalue weighted by Gasteiger charge is -2.53. The molecule has 0 spiro atoms. The van der Waals surface area contributed by atoms with Crippen LogP contribution in [0.1, 0.15) is 99.8 Å².